The molecule has 0 spiro atoms. The van der Waals surface area contributed by atoms with Crippen molar-refractivity contribution in [2.75, 3.05) is 6.54 Å². The third kappa shape index (κ3) is 7.44. The van der Waals surface area contributed by atoms with Gasteiger partial charge in [0.1, 0.15) is 12.1 Å². The Hall–Kier alpha value is -4.55. The molecule has 1 aromatic heterocycles. The summed E-state index contributed by atoms with van der Waals surface area (Å²) in [7, 11) is 0. The fourth-order valence-electron chi connectivity index (χ4n) is 5.89. The molecule has 3 atom stereocenters. The molecule has 0 radical (unpaired) electrons. The Morgan fingerprint density at radius 3 is 1.92 bits per heavy atom. The third-order valence-electron chi connectivity index (χ3n) is 8.33. The van der Waals surface area contributed by atoms with Crippen molar-refractivity contribution in [1.82, 2.24) is 15.2 Å². The number of benzene rings is 3. The fraction of sp³-hybridized carbons (Fsp3) is 0.257. The molecule has 48 heavy (non-hydrogen) atoms. The van der Waals surface area contributed by atoms with Gasteiger partial charge in [0.25, 0.3) is 5.91 Å². The lowest BCUT2D eigenvalue weighted by Crippen LogP contribution is -2.69. The van der Waals surface area contributed by atoms with Gasteiger partial charge in [-0.25, -0.2) is 0 Å². The lowest BCUT2D eigenvalue weighted by molar-refractivity contribution is -0.138. The van der Waals surface area contributed by atoms with E-state index in [0.717, 1.165) is 58.6 Å². The topological polar surface area (TPSA) is 79.4 Å². The first-order chi connectivity index (χ1) is 22.2. The zero-order chi connectivity index (χ0) is 34.1. The molecule has 6 nitrogen and oxygen atoms in total. The number of ketones is 2. The highest BCUT2D eigenvalue weighted by atomic mass is 35.5. The number of amides is 1. The second kappa shape index (κ2) is 14.3. The number of rotatable bonds is 7. The van der Waals surface area contributed by atoms with Crippen LogP contribution in [-0.4, -0.2) is 52.0 Å². The van der Waals surface area contributed by atoms with Crippen LogP contribution in [0, 0.1) is 13.8 Å². The lowest BCUT2D eigenvalue weighted by atomic mass is 9.84. The number of carbonyl (C=O) groups is 3. The van der Waals surface area contributed by atoms with Crippen LogP contribution in [0.25, 0.3) is 0 Å². The number of nitrogens with zero attached hydrogens (tertiary/aromatic N) is 2. The average molecular weight is 690 g/mol. The van der Waals surface area contributed by atoms with Crippen LogP contribution >= 0.6 is 12.4 Å². The summed E-state index contributed by atoms with van der Waals surface area (Å²) >= 11 is 0. The SMILES string of the molecule is Cc1ccc(CC2NCC(C(=O)c3ccccc3C(F)(F)F)N(C(=O)c3cccnc3)C2C(=O)c2ccccc2C(F)(F)F)cc1C.Cl. The molecule has 13 heteroatoms. The molecule has 252 valence electrons. The fourth-order valence-corrected chi connectivity index (χ4v) is 5.89. The Balaban J connectivity index is 0.00000520. The summed E-state index contributed by atoms with van der Waals surface area (Å²) in [5.74, 6) is -3.21. The van der Waals surface area contributed by atoms with Crippen LogP contribution in [0.15, 0.2) is 91.3 Å². The third-order valence-corrected chi connectivity index (χ3v) is 8.33. The largest absolute Gasteiger partial charge is 0.417 e. The van der Waals surface area contributed by atoms with Crippen LogP contribution in [0.4, 0.5) is 26.3 Å². The zero-order valence-electron chi connectivity index (χ0n) is 25.6. The summed E-state index contributed by atoms with van der Waals surface area (Å²) in [5.41, 5.74) is -1.53. The molecule has 4 aromatic rings. The minimum absolute atomic E-state index is 0. The van der Waals surface area contributed by atoms with E-state index < -0.39 is 70.2 Å². The maximum Gasteiger partial charge on any atom is 0.417 e. The molecule has 3 aromatic carbocycles. The highest BCUT2D eigenvalue weighted by Gasteiger charge is 2.49. The first kappa shape index (κ1) is 36.3. The van der Waals surface area contributed by atoms with E-state index in [4.69, 9.17) is 0 Å². The van der Waals surface area contributed by atoms with Crippen molar-refractivity contribution < 1.29 is 40.7 Å². The van der Waals surface area contributed by atoms with Gasteiger partial charge in [-0.15, -0.1) is 12.4 Å². The van der Waals surface area contributed by atoms with Crippen molar-refractivity contribution in [2.45, 2.75) is 50.7 Å². The van der Waals surface area contributed by atoms with Gasteiger partial charge in [-0.1, -0.05) is 54.6 Å². The van der Waals surface area contributed by atoms with Crippen molar-refractivity contribution >= 4 is 29.9 Å². The Labute approximate surface area is 278 Å². The summed E-state index contributed by atoms with van der Waals surface area (Å²) in [5, 5.41) is 3.04. The predicted octanol–water partition coefficient (Wildman–Crippen LogP) is 7.32. The van der Waals surface area contributed by atoms with E-state index in [2.05, 4.69) is 10.3 Å². The number of aryl methyl sites for hydroxylation is 2. The van der Waals surface area contributed by atoms with Crippen molar-refractivity contribution in [3.05, 3.63) is 136 Å². The van der Waals surface area contributed by atoms with Crippen molar-refractivity contribution in [3.8, 4) is 0 Å². The van der Waals surface area contributed by atoms with Gasteiger partial charge in [0.2, 0.25) is 0 Å². The molecule has 1 aliphatic heterocycles. The molecule has 0 aliphatic carbocycles. The lowest BCUT2D eigenvalue weighted by Gasteiger charge is -2.46. The van der Waals surface area contributed by atoms with E-state index >= 15 is 0 Å². The summed E-state index contributed by atoms with van der Waals surface area (Å²) < 4.78 is 84.6. The number of hydrogen-bond acceptors (Lipinski definition) is 5. The van der Waals surface area contributed by atoms with Crippen LogP contribution in [0.1, 0.15) is 58.9 Å². The molecular weight excluding hydrogens is 660 g/mol. The number of carbonyl (C=O) groups excluding carboxylic acids is 3. The second-order valence-corrected chi connectivity index (χ2v) is 11.4. The van der Waals surface area contributed by atoms with Gasteiger partial charge in [0.15, 0.2) is 11.6 Å². The van der Waals surface area contributed by atoms with Crippen molar-refractivity contribution in [2.24, 2.45) is 0 Å². The van der Waals surface area contributed by atoms with Gasteiger partial charge in [-0.3, -0.25) is 19.4 Å². The van der Waals surface area contributed by atoms with Gasteiger partial charge in [-0.05, 0) is 61.2 Å². The predicted molar refractivity (Wildman–Crippen MR) is 168 cm³/mol. The van der Waals surface area contributed by atoms with Crippen LogP contribution in [0.2, 0.25) is 0 Å². The number of piperazine rings is 1. The number of hydrogen-bond donors (Lipinski definition) is 1. The number of pyridine rings is 1. The van der Waals surface area contributed by atoms with Gasteiger partial charge in [-0.2, -0.15) is 26.3 Å². The highest BCUT2D eigenvalue weighted by Crippen LogP contribution is 2.36. The van der Waals surface area contributed by atoms with E-state index in [0.29, 0.717) is 5.56 Å². The molecule has 1 fully saturated rings. The van der Waals surface area contributed by atoms with Gasteiger partial charge < -0.3 is 10.2 Å². The molecule has 1 aliphatic rings. The van der Waals surface area contributed by atoms with E-state index in [9.17, 15) is 40.7 Å². The van der Waals surface area contributed by atoms with E-state index in [1.54, 1.807) is 6.07 Å². The van der Waals surface area contributed by atoms with Crippen LogP contribution in [-0.2, 0) is 18.8 Å². The van der Waals surface area contributed by atoms with Crippen molar-refractivity contribution in [1.29, 1.82) is 0 Å². The summed E-state index contributed by atoms with van der Waals surface area (Å²) in [6.07, 6.45) is -7.32. The first-order valence-corrected chi connectivity index (χ1v) is 14.6. The Bertz CT molecular complexity index is 1810. The van der Waals surface area contributed by atoms with Crippen LogP contribution in [0.3, 0.4) is 0 Å². The Kier molecular flexibility index (Phi) is 10.8. The molecule has 1 saturated heterocycles. The number of halogens is 7. The average Bonchev–Trinajstić information content (AvgIpc) is 3.05. The molecule has 0 saturated carbocycles. The number of alkyl halides is 6. The quantitative estimate of drug-likeness (QED) is 0.163. The second-order valence-electron chi connectivity index (χ2n) is 11.4. The number of aromatic nitrogens is 1. The molecule has 3 unspecified atom stereocenters. The molecule has 1 N–H and O–H groups in total. The molecule has 1 amide bonds. The summed E-state index contributed by atoms with van der Waals surface area (Å²) in [6, 6.07) is 11.8. The van der Waals surface area contributed by atoms with E-state index in [1.807, 2.05) is 26.0 Å². The maximum absolute atomic E-state index is 14.4. The normalized spacial score (nSPS) is 18.2. The van der Waals surface area contributed by atoms with Gasteiger partial charge >= 0.3 is 12.4 Å². The molecule has 5 rings (SSSR count). The molecule has 0 bridgehead atoms. The standard InChI is InChI=1S/C35H29F6N3O3.ClH/c1-20-13-14-22(16-21(20)2)17-28-30(32(46)25-10-4-6-12-27(25)35(39,40)41)44(33(47)23-8-7-15-42-18-23)29(19-43-28)31(45)24-9-3-5-11-26(24)34(36,37)38;/h3-16,18,28-30,43H,17,19H2,1-2H3;1H. The first-order valence-electron chi connectivity index (χ1n) is 14.6. The van der Waals surface area contributed by atoms with E-state index in [-0.39, 0.29) is 30.9 Å². The minimum Gasteiger partial charge on any atom is -0.315 e. The number of Topliss-reactive ketones (excluding diaryl/α,β-unsaturated/α-hetero) is 2. The molecular formula is C35H30ClF6N3O3. The van der Waals surface area contributed by atoms with Gasteiger partial charge in [0, 0.05) is 36.1 Å². The van der Waals surface area contributed by atoms with Gasteiger partial charge in [0.05, 0.1) is 16.7 Å². The summed E-state index contributed by atoms with van der Waals surface area (Å²) in [4.78, 5) is 47.5. The zero-order valence-corrected chi connectivity index (χ0v) is 26.4. The Morgan fingerprint density at radius 2 is 1.38 bits per heavy atom. The van der Waals surface area contributed by atoms with E-state index in [1.165, 1.54) is 30.5 Å². The minimum atomic E-state index is -4.95. The summed E-state index contributed by atoms with van der Waals surface area (Å²) in [6.45, 7) is 3.37. The molecule has 2 heterocycles. The smallest absolute Gasteiger partial charge is 0.315 e. The van der Waals surface area contributed by atoms with Crippen LogP contribution < -0.4 is 5.32 Å². The van der Waals surface area contributed by atoms with Crippen molar-refractivity contribution in [3.63, 3.8) is 0 Å². The highest BCUT2D eigenvalue weighted by molar-refractivity contribution is 6.10. The maximum atomic E-state index is 14.4. The Morgan fingerprint density at radius 1 is 0.792 bits per heavy atom. The monoisotopic (exact) mass is 689 g/mol. The van der Waals surface area contributed by atoms with Crippen LogP contribution in [0.5, 0.6) is 0 Å². The number of nitrogens with one attached hydrogen (secondary N) is 1.